The zero-order valence-electron chi connectivity index (χ0n) is 24.0. The number of carboxylic acid groups (broad SMARTS) is 1. The van der Waals surface area contributed by atoms with E-state index in [2.05, 4.69) is 0 Å². The molecule has 4 heterocycles. The van der Waals surface area contributed by atoms with E-state index in [-0.39, 0.29) is 0 Å². The van der Waals surface area contributed by atoms with Crippen LogP contribution < -0.4 is 11.5 Å². The molecule has 268 valence electrons. The first-order valence-electron chi connectivity index (χ1n) is 14.3. The smallest absolute Gasteiger partial charge is 0.335 e. The molecule has 46 heavy (non-hydrogen) atoms. The Bertz CT molecular complexity index is 997. The van der Waals surface area contributed by atoms with Gasteiger partial charge in [-0.3, -0.25) is 0 Å². The van der Waals surface area contributed by atoms with Gasteiger partial charge in [-0.25, -0.2) is 4.79 Å². The maximum atomic E-state index is 11.4. The molecule has 22 heteroatoms. The quantitative estimate of drug-likeness (QED) is 0.102. The van der Waals surface area contributed by atoms with Gasteiger partial charge in [-0.2, -0.15) is 0 Å². The molecule has 4 saturated heterocycles. The fourth-order valence-electron chi connectivity index (χ4n) is 5.44. The number of carbonyl (C=O) groups is 1. The van der Waals surface area contributed by atoms with Crippen molar-refractivity contribution in [3.05, 3.63) is 0 Å². The Labute approximate surface area is 259 Å². The molecular formula is C24H42N2O20. The monoisotopic (exact) mass is 678 g/mol. The number of nitrogens with two attached hydrogens (primary N) is 2. The van der Waals surface area contributed by atoms with Crippen molar-refractivity contribution >= 4 is 5.97 Å². The fraction of sp³-hybridized carbons (Fsp3) is 0.958. The number of rotatable bonds is 10. The Hall–Kier alpha value is -1.33. The highest BCUT2D eigenvalue weighted by Crippen LogP contribution is 2.31. The van der Waals surface area contributed by atoms with Crippen LogP contribution in [0.25, 0.3) is 0 Å². The lowest BCUT2D eigenvalue weighted by Gasteiger charge is -2.47. The van der Waals surface area contributed by atoms with Crippen LogP contribution in [0, 0.1) is 0 Å². The van der Waals surface area contributed by atoms with Crippen LogP contribution in [0.2, 0.25) is 0 Å². The van der Waals surface area contributed by atoms with Gasteiger partial charge >= 0.3 is 5.97 Å². The van der Waals surface area contributed by atoms with E-state index >= 15 is 0 Å². The van der Waals surface area contributed by atoms with Gasteiger partial charge in [0.1, 0.15) is 79.4 Å². The second-order valence-electron chi connectivity index (χ2n) is 11.4. The molecule has 16 N–H and O–H groups in total. The Kier molecular flexibility index (Phi) is 12.6. The van der Waals surface area contributed by atoms with Gasteiger partial charge < -0.3 is 106 Å². The Morgan fingerprint density at radius 2 is 1.04 bits per heavy atom. The average molecular weight is 679 g/mol. The summed E-state index contributed by atoms with van der Waals surface area (Å²) >= 11 is 0. The summed E-state index contributed by atoms with van der Waals surface area (Å²) in [5.41, 5.74) is 12.0. The van der Waals surface area contributed by atoms with Crippen molar-refractivity contribution in [1.82, 2.24) is 0 Å². The Morgan fingerprint density at radius 1 is 0.543 bits per heavy atom. The van der Waals surface area contributed by atoms with Crippen LogP contribution in [-0.4, -0.2) is 210 Å². The maximum absolute atomic E-state index is 11.4. The van der Waals surface area contributed by atoms with Crippen LogP contribution in [0.15, 0.2) is 0 Å². The van der Waals surface area contributed by atoms with Crippen molar-refractivity contribution < 1.29 is 99.2 Å². The van der Waals surface area contributed by atoms with Crippen molar-refractivity contribution in [2.45, 2.75) is 123 Å². The summed E-state index contributed by atoms with van der Waals surface area (Å²) in [6, 6.07) is -2.95. The minimum absolute atomic E-state index is 0.639. The average Bonchev–Trinajstić information content (AvgIpc) is 3.03. The van der Waals surface area contributed by atoms with Gasteiger partial charge in [-0.1, -0.05) is 0 Å². The van der Waals surface area contributed by atoms with Crippen LogP contribution in [0.5, 0.6) is 0 Å². The van der Waals surface area contributed by atoms with Crippen LogP contribution in [0.1, 0.15) is 0 Å². The maximum Gasteiger partial charge on any atom is 0.335 e. The van der Waals surface area contributed by atoms with E-state index in [9.17, 15) is 66.1 Å². The van der Waals surface area contributed by atoms with E-state index in [4.69, 9.17) is 44.6 Å². The second kappa shape index (κ2) is 15.5. The van der Waals surface area contributed by atoms with E-state index in [1.54, 1.807) is 0 Å². The highest BCUT2D eigenvalue weighted by atomic mass is 16.8. The first-order valence-corrected chi connectivity index (χ1v) is 14.3. The summed E-state index contributed by atoms with van der Waals surface area (Å²) in [4.78, 5) is 11.4. The highest BCUT2D eigenvalue weighted by molar-refractivity contribution is 5.73. The predicted molar refractivity (Wildman–Crippen MR) is 138 cm³/mol. The number of aliphatic hydroxyl groups excluding tert-OH is 11. The largest absolute Gasteiger partial charge is 0.479 e. The van der Waals surface area contributed by atoms with E-state index in [1.807, 2.05) is 0 Å². The van der Waals surface area contributed by atoms with Gasteiger partial charge in [0, 0.05) is 0 Å². The minimum atomic E-state index is -2.02. The fourth-order valence-corrected chi connectivity index (χ4v) is 5.44. The zero-order valence-corrected chi connectivity index (χ0v) is 24.0. The van der Waals surface area contributed by atoms with Gasteiger partial charge in [0.25, 0.3) is 0 Å². The molecule has 0 aliphatic carbocycles. The minimum Gasteiger partial charge on any atom is -0.479 e. The molecular weight excluding hydrogens is 636 g/mol. The van der Waals surface area contributed by atoms with E-state index in [0.29, 0.717) is 0 Å². The molecule has 0 aromatic carbocycles. The summed E-state index contributed by atoms with van der Waals surface area (Å²) in [7, 11) is 0. The van der Waals surface area contributed by atoms with Crippen molar-refractivity contribution in [2.75, 3.05) is 19.8 Å². The van der Waals surface area contributed by atoms with Crippen LogP contribution in [0.3, 0.4) is 0 Å². The van der Waals surface area contributed by atoms with Crippen molar-refractivity contribution in [2.24, 2.45) is 11.5 Å². The summed E-state index contributed by atoms with van der Waals surface area (Å²) in [5, 5.41) is 121. The summed E-state index contributed by atoms with van der Waals surface area (Å²) in [5.74, 6) is -1.68. The number of ether oxygens (including phenoxy) is 7. The predicted octanol–water partition coefficient (Wildman–Crippen LogP) is -9.72. The standard InChI is InChI=1S/C24H42N2O20/c25-7-11(31)10(30)6(43-22(7)46-24-17(37)14(34)15(35)19(45-24)20(38)39)3-40-21-8(26)12(32)18(5(2-28)42-21)44-23-16(36)13(33)9(29)4(1-27)41-23/h4-19,21-24,27-37H,1-3,25-26H2,(H,38,39)/t4-,5-,6-,7-,8-,9-,10-,11-,12-,13+,14+,15-,16+,17-,18-,19+,21-,22-,23-,24-/m1/s1. The van der Waals surface area contributed by atoms with E-state index in [0.717, 1.165) is 0 Å². The van der Waals surface area contributed by atoms with Crippen molar-refractivity contribution in [3.63, 3.8) is 0 Å². The van der Waals surface area contributed by atoms with Gasteiger partial charge in [0.05, 0.1) is 31.9 Å². The lowest BCUT2D eigenvalue weighted by Crippen LogP contribution is -2.67. The lowest BCUT2D eigenvalue weighted by atomic mass is 9.95. The normalized spacial score (nSPS) is 51.9. The lowest BCUT2D eigenvalue weighted by molar-refractivity contribution is -0.364. The number of aliphatic carboxylic acids is 1. The van der Waals surface area contributed by atoms with Gasteiger partial charge in [-0.15, -0.1) is 0 Å². The molecule has 4 fully saturated rings. The third-order valence-electron chi connectivity index (χ3n) is 8.29. The third kappa shape index (κ3) is 7.46. The molecule has 0 unspecified atom stereocenters. The molecule has 0 aromatic rings. The summed E-state index contributed by atoms with van der Waals surface area (Å²) in [6.07, 6.45) is -31.1. The zero-order chi connectivity index (χ0) is 34.2. The molecule has 0 bridgehead atoms. The summed E-state index contributed by atoms with van der Waals surface area (Å²) < 4.78 is 38.0. The highest BCUT2D eigenvalue weighted by Gasteiger charge is 2.53. The number of carboxylic acids is 1. The molecule has 22 nitrogen and oxygen atoms in total. The molecule has 0 amide bonds. The molecule has 20 atom stereocenters. The topological polar surface area (TPSA) is 376 Å². The van der Waals surface area contributed by atoms with Crippen LogP contribution >= 0.6 is 0 Å². The molecule has 0 radical (unpaired) electrons. The van der Waals surface area contributed by atoms with Gasteiger partial charge in [0.15, 0.2) is 31.3 Å². The number of aliphatic hydroxyl groups is 11. The molecule has 4 aliphatic rings. The Balaban J connectivity index is 1.39. The van der Waals surface area contributed by atoms with Gasteiger partial charge in [-0.05, 0) is 0 Å². The first-order chi connectivity index (χ1) is 21.6. The number of hydrogen-bond donors (Lipinski definition) is 14. The first kappa shape index (κ1) is 37.5. The SMILES string of the molecule is N[C@H]1[C@@H](O[C@H]2O[C@H](C(=O)O)[C@H](O)[C@H](O)[C@H]2O)O[C@H](CO[C@@H]2O[C@H](CO)[C@@H](O[C@H]3O[C@H](CO)[C@@H](O)[C@H](O)[C@@H]3O)[C@H](O)[C@H]2N)[C@@H](O)[C@@H]1O. The van der Waals surface area contributed by atoms with E-state index < -0.39 is 148 Å². The van der Waals surface area contributed by atoms with Crippen molar-refractivity contribution in [1.29, 1.82) is 0 Å². The van der Waals surface area contributed by atoms with Gasteiger partial charge in [0.2, 0.25) is 0 Å². The molecule has 0 saturated carbocycles. The number of hydrogen-bond acceptors (Lipinski definition) is 21. The molecule has 4 aliphatic heterocycles. The third-order valence-corrected chi connectivity index (χ3v) is 8.29. The summed E-state index contributed by atoms with van der Waals surface area (Å²) in [6.45, 7) is -2.20. The van der Waals surface area contributed by atoms with Crippen LogP contribution in [-0.2, 0) is 38.0 Å². The second-order valence-corrected chi connectivity index (χ2v) is 11.4. The molecule has 0 spiro atoms. The molecule has 4 rings (SSSR count). The Morgan fingerprint density at radius 3 is 1.63 bits per heavy atom. The molecule has 0 aromatic heterocycles. The van der Waals surface area contributed by atoms with Crippen molar-refractivity contribution in [3.8, 4) is 0 Å². The van der Waals surface area contributed by atoms with E-state index in [1.165, 1.54) is 0 Å². The van der Waals surface area contributed by atoms with Crippen LogP contribution in [0.4, 0.5) is 0 Å².